The molecule has 1 aromatic heterocycles. The highest BCUT2D eigenvalue weighted by molar-refractivity contribution is 5.88. The fourth-order valence-electron chi connectivity index (χ4n) is 0.733. The van der Waals surface area contributed by atoms with Gasteiger partial charge in [-0.15, -0.1) is 0 Å². The van der Waals surface area contributed by atoms with E-state index in [4.69, 9.17) is 5.26 Å². The quantitative estimate of drug-likeness (QED) is 0.436. The summed E-state index contributed by atoms with van der Waals surface area (Å²) in [6.45, 7) is 0. The molecule has 0 aliphatic carbocycles. The van der Waals surface area contributed by atoms with Crippen LogP contribution in [0.4, 0.5) is 0 Å². The standard InChI is InChI=1S/C10H6N2O2/c1-14-10(13)6-5-8-3-2-4-9(7-11)12-8/h2-4H,1H3. The highest BCUT2D eigenvalue weighted by Gasteiger charge is 1.94. The maximum Gasteiger partial charge on any atom is 0.384 e. The van der Waals surface area contributed by atoms with Crippen LogP contribution >= 0.6 is 0 Å². The van der Waals surface area contributed by atoms with E-state index < -0.39 is 5.97 Å². The van der Waals surface area contributed by atoms with Crippen molar-refractivity contribution in [2.75, 3.05) is 7.11 Å². The minimum absolute atomic E-state index is 0.265. The molecule has 14 heavy (non-hydrogen) atoms. The zero-order valence-electron chi connectivity index (χ0n) is 7.44. The Morgan fingerprint density at radius 3 is 2.86 bits per heavy atom. The maximum absolute atomic E-state index is 10.7. The number of carbonyl (C=O) groups excluding carboxylic acids is 1. The first-order chi connectivity index (χ1) is 6.76. The number of rotatable bonds is 0. The fraction of sp³-hybridized carbons (Fsp3) is 0.100. The zero-order valence-corrected chi connectivity index (χ0v) is 7.44. The van der Waals surface area contributed by atoms with Gasteiger partial charge in [0.1, 0.15) is 17.5 Å². The van der Waals surface area contributed by atoms with E-state index in [0.29, 0.717) is 5.69 Å². The molecule has 4 nitrogen and oxygen atoms in total. The zero-order chi connectivity index (χ0) is 10.4. The van der Waals surface area contributed by atoms with Crippen molar-refractivity contribution >= 4 is 5.97 Å². The highest BCUT2D eigenvalue weighted by atomic mass is 16.5. The molecule has 1 heterocycles. The molecule has 0 radical (unpaired) electrons. The van der Waals surface area contributed by atoms with Crippen molar-refractivity contribution in [3.05, 3.63) is 29.6 Å². The fourth-order valence-corrected chi connectivity index (χ4v) is 0.733. The monoisotopic (exact) mass is 186 g/mol. The molecule has 68 valence electrons. The molecule has 0 spiro atoms. The van der Waals surface area contributed by atoms with Crippen LogP contribution in [0.5, 0.6) is 0 Å². The molecule has 0 saturated heterocycles. The second-order valence-corrected chi connectivity index (χ2v) is 2.26. The van der Waals surface area contributed by atoms with E-state index in [0.717, 1.165) is 0 Å². The van der Waals surface area contributed by atoms with Gasteiger partial charge in [0.05, 0.1) is 7.11 Å². The molecule has 0 saturated carbocycles. The van der Waals surface area contributed by atoms with Crippen LogP contribution in [0.25, 0.3) is 0 Å². The molecule has 0 aliphatic heterocycles. The van der Waals surface area contributed by atoms with Crippen LogP contribution in [-0.2, 0) is 9.53 Å². The van der Waals surface area contributed by atoms with E-state index in [2.05, 4.69) is 21.6 Å². The van der Waals surface area contributed by atoms with Crippen molar-refractivity contribution in [3.8, 4) is 17.9 Å². The van der Waals surface area contributed by atoms with Gasteiger partial charge in [-0.25, -0.2) is 9.78 Å². The summed E-state index contributed by atoms with van der Waals surface area (Å²) in [5.74, 6) is 4.07. The van der Waals surface area contributed by atoms with E-state index >= 15 is 0 Å². The molecular weight excluding hydrogens is 180 g/mol. The summed E-state index contributed by atoms with van der Waals surface area (Å²) >= 11 is 0. The SMILES string of the molecule is COC(=O)C#Cc1cccc(C#N)n1. The first kappa shape index (κ1) is 9.76. The number of methoxy groups -OCH3 is 1. The number of esters is 1. The summed E-state index contributed by atoms with van der Waals surface area (Å²) in [6, 6.07) is 6.69. The van der Waals surface area contributed by atoms with Crippen molar-refractivity contribution in [2.45, 2.75) is 0 Å². The summed E-state index contributed by atoms with van der Waals surface area (Å²) in [6.07, 6.45) is 0. The Hall–Kier alpha value is -2.33. The summed E-state index contributed by atoms with van der Waals surface area (Å²) in [5, 5.41) is 8.53. The molecule has 0 amide bonds. The summed E-state index contributed by atoms with van der Waals surface area (Å²) in [4.78, 5) is 14.5. The first-order valence-electron chi connectivity index (χ1n) is 3.73. The number of aromatic nitrogens is 1. The maximum atomic E-state index is 10.7. The van der Waals surface area contributed by atoms with Gasteiger partial charge < -0.3 is 4.74 Å². The Kier molecular flexibility index (Phi) is 3.23. The Morgan fingerprint density at radius 2 is 2.21 bits per heavy atom. The molecule has 1 aromatic rings. The molecule has 1 rings (SSSR count). The van der Waals surface area contributed by atoms with Crippen LogP contribution in [0.3, 0.4) is 0 Å². The second-order valence-electron chi connectivity index (χ2n) is 2.26. The normalized spacial score (nSPS) is 8.00. The third kappa shape index (κ3) is 2.62. The van der Waals surface area contributed by atoms with Gasteiger partial charge in [0.25, 0.3) is 0 Å². The molecule has 0 N–H and O–H groups in total. The largest absolute Gasteiger partial charge is 0.459 e. The summed E-state index contributed by atoms with van der Waals surface area (Å²) in [5.41, 5.74) is 0.635. The van der Waals surface area contributed by atoms with Gasteiger partial charge in [0.15, 0.2) is 0 Å². The molecule has 0 atom stereocenters. The lowest BCUT2D eigenvalue weighted by Crippen LogP contribution is -1.95. The molecule has 0 unspecified atom stereocenters. The van der Waals surface area contributed by atoms with Crippen LogP contribution in [0.1, 0.15) is 11.4 Å². The number of nitriles is 1. The topological polar surface area (TPSA) is 63.0 Å². The number of pyridine rings is 1. The molecule has 0 aliphatic rings. The Labute approximate surface area is 81.1 Å². The lowest BCUT2D eigenvalue weighted by molar-refractivity contribution is -0.133. The second kappa shape index (κ2) is 4.64. The van der Waals surface area contributed by atoms with Gasteiger partial charge in [0, 0.05) is 5.92 Å². The van der Waals surface area contributed by atoms with Gasteiger partial charge in [0.2, 0.25) is 0 Å². The number of ether oxygens (including phenoxy) is 1. The van der Waals surface area contributed by atoms with Crippen molar-refractivity contribution < 1.29 is 9.53 Å². The van der Waals surface area contributed by atoms with Gasteiger partial charge in [-0.1, -0.05) is 6.07 Å². The van der Waals surface area contributed by atoms with Crippen LogP contribution < -0.4 is 0 Å². The number of hydrogen-bond donors (Lipinski definition) is 0. The van der Waals surface area contributed by atoms with Crippen LogP contribution in [0.2, 0.25) is 0 Å². The van der Waals surface area contributed by atoms with Gasteiger partial charge in [-0.3, -0.25) is 0 Å². The number of nitrogens with zero attached hydrogens (tertiary/aromatic N) is 2. The molecule has 0 aromatic carbocycles. The summed E-state index contributed by atoms with van der Waals surface area (Å²) in [7, 11) is 1.25. The van der Waals surface area contributed by atoms with Crippen LogP contribution in [0.15, 0.2) is 18.2 Å². The Balaban J connectivity index is 2.91. The lowest BCUT2D eigenvalue weighted by atomic mass is 10.3. The third-order valence-electron chi connectivity index (χ3n) is 1.34. The van der Waals surface area contributed by atoms with Gasteiger partial charge in [-0.2, -0.15) is 5.26 Å². The van der Waals surface area contributed by atoms with Crippen molar-refractivity contribution in [3.63, 3.8) is 0 Å². The third-order valence-corrected chi connectivity index (χ3v) is 1.34. The van der Waals surface area contributed by atoms with E-state index in [9.17, 15) is 4.79 Å². The molecular formula is C10H6N2O2. The lowest BCUT2D eigenvalue weighted by Gasteiger charge is -1.89. The number of carbonyl (C=O) groups is 1. The predicted molar refractivity (Wildman–Crippen MR) is 47.8 cm³/mol. The minimum atomic E-state index is -0.630. The van der Waals surface area contributed by atoms with Crippen LogP contribution in [-0.4, -0.2) is 18.1 Å². The first-order valence-corrected chi connectivity index (χ1v) is 3.73. The smallest absolute Gasteiger partial charge is 0.384 e. The van der Waals surface area contributed by atoms with E-state index in [-0.39, 0.29) is 5.69 Å². The molecule has 0 fully saturated rings. The van der Waals surface area contributed by atoms with E-state index in [1.807, 2.05) is 6.07 Å². The van der Waals surface area contributed by atoms with Crippen LogP contribution in [0, 0.1) is 23.2 Å². The van der Waals surface area contributed by atoms with Crippen molar-refractivity contribution in [2.24, 2.45) is 0 Å². The number of hydrogen-bond acceptors (Lipinski definition) is 4. The predicted octanol–water partition coefficient (Wildman–Crippen LogP) is 0.478. The van der Waals surface area contributed by atoms with Crippen molar-refractivity contribution in [1.82, 2.24) is 4.98 Å². The van der Waals surface area contributed by atoms with E-state index in [1.54, 1.807) is 18.2 Å². The Bertz CT molecular complexity index is 449. The van der Waals surface area contributed by atoms with Crippen molar-refractivity contribution in [1.29, 1.82) is 5.26 Å². The van der Waals surface area contributed by atoms with Gasteiger partial charge in [-0.05, 0) is 18.1 Å². The summed E-state index contributed by atoms with van der Waals surface area (Å²) < 4.78 is 4.32. The van der Waals surface area contributed by atoms with Gasteiger partial charge >= 0.3 is 5.97 Å². The highest BCUT2D eigenvalue weighted by Crippen LogP contribution is 1.95. The van der Waals surface area contributed by atoms with E-state index in [1.165, 1.54) is 7.11 Å². The Morgan fingerprint density at radius 1 is 1.50 bits per heavy atom. The molecule has 0 bridgehead atoms. The minimum Gasteiger partial charge on any atom is -0.459 e. The average Bonchev–Trinajstić information content (AvgIpc) is 2.26. The molecule has 4 heteroatoms. The average molecular weight is 186 g/mol.